The van der Waals surface area contributed by atoms with Crippen LogP contribution in [0.5, 0.6) is 0 Å². The van der Waals surface area contributed by atoms with Gasteiger partial charge in [0.15, 0.2) is 11.5 Å². The molecule has 0 radical (unpaired) electrons. The maximum Gasteiger partial charge on any atom is 0.355 e. The number of carbonyl (C=O) groups is 3. The molecule has 1 amide bonds. The molecule has 35 heavy (non-hydrogen) atoms. The SMILES string of the molecule is CSC(=N[C@H]1C(=O)N2C(C(=O)OCC(Cl)(Cl)Cl)=C(C(OC(C)=O)SC)CS[C@H]12)c1ccc(Cl)cc1. The summed E-state index contributed by atoms with van der Waals surface area (Å²) in [6.45, 7) is 0.753. The normalized spacial score (nSPS) is 21.3. The number of β-lactam (4-membered cyclic amide) rings is 1. The Morgan fingerprint density at radius 2 is 1.91 bits per heavy atom. The smallest absolute Gasteiger partial charge is 0.355 e. The van der Waals surface area contributed by atoms with Crippen LogP contribution in [0.15, 0.2) is 40.5 Å². The Morgan fingerprint density at radius 1 is 1.26 bits per heavy atom. The van der Waals surface area contributed by atoms with Crippen molar-refractivity contribution in [1.82, 2.24) is 4.90 Å². The molecule has 1 unspecified atom stereocenters. The van der Waals surface area contributed by atoms with Gasteiger partial charge in [0.25, 0.3) is 5.91 Å². The number of ether oxygens (including phenoxy) is 2. The van der Waals surface area contributed by atoms with Crippen LogP contribution in [0.2, 0.25) is 5.02 Å². The Bertz CT molecular complexity index is 1060. The number of esters is 2. The van der Waals surface area contributed by atoms with Gasteiger partial charge in [0.2, 0.25) is 3.79 Å². The van der Waals surface area contributed by atoms with E-state index in [2.05, 4.69) is 4.99 Å². The Labute approximate surface area is 235 Å². The zero-order valence-electron chi connectivity index (χ0n) is 18.6. The van der Waals surface area contributed by atoms with Crippen molar-refractivity contribution in [3.63, 3.8) is 0 Å². The van der Waals surface area contributed by atoms with Gasteiger partial charge in [0.05, 0.1) is 5.04 Å². The molecular weight excluding hydrogens is 598 g/mol. The van der Waals surface area contributed by atoms with E-state index in [1.54, 1.807) is 18.4 Å². The molecule has 0 spiro atoms. The lowest BCUT2D eigenvalue weighted by Gasteiger charge is -2.48. The molecule has 1 aromatic rings. The van der Waals surface area contributed by atoms with Crippen LogP contribution in [0.25, 0.3) is 0 Å². The highest BCUT2D eigenvalue weighted by Gasteiger charge is 2.55. The van der Waals surface area contributed by atoms with Crippen LogP contribution in [-0.4, -0.2) is 73.3 Å². The molecule has 1 fully saturated rings. The summed E-state index contributed by atoms with van der Waals surface area (Å²) in [5.74, 6) is -1.44. The number of aliphatic imine (C=N–C) groups is 1. The molecule has 2 aliphatic heterocycles. The predicted molar refractivity (Wildman–Crippen MR) is 146 cm³/mol. The average molecular weight is 618 g/mol. The lowest BCUT2D eigenvalue weighted by molar-refractivity contribution is -0.151. The summed E-state index contributed by atoms with van der Waals surface area (Å²) in [7, 11) is 0. The van der Waals surface area contributed by atoms with Gasteiger partial charge in [-0.25, -0.2) is 4.79 Å². The number of benzene rings is 1. The first-order valence-electron chi connectivity index (χ1n) is 9.96. The molecule has 3 atom stereocenters. The van der Waals surface area contributed by atoms with Crippen LogP contribution in [0.3, 0.4) is 0 Å². The summed E-state index contributed by atoms with van der Waals surface area (Å²) in [5, 5.41) is 0.808. The second kappa shape index (κ2) is 12.2. The van der Waals surface area contributed by atoms with Crippen molar-refractivity contribution in [3.05, 3.63) is 46.1 Å². The third kappa shape index (κ3) is 6.97. The predicted octanol–water partition coefficient (Wildman–Crippen LogP) is 5.15. The molecule has 0 N–H and O–H groups in total. The molecule has 0 bridgehead atoms. The number of nitrogens with zero attached hydrogens (tertiary/aromatic N) is 2. The number of thioether (sulfide) groups is 3. The number of rotatable bonds is 7. The van der Waals surface area contributed by atoms with E-state index in [1.165, 1.54) is 47.1 Å². The highest BCUT2D eigenvalue weighted by Crippen LogP contribution is 2.45. The third-order valence-electron chi connectivity index (χ3n) is 4.84. The standard InChI is InChI=1S/C21H20Cl4N2O5S3/c1-10(28)32-20(34-3)13-8-35-18-14(26-16(33-2)11-4-6-12(22)7-5-11)17(29)27(18)15(13)19(30)31-9-21(23,24)25/h4-7,14,18,20H,8-9H2,1-3H3/t14-,18+,20?/m0/s1. The molecule has 0 aliphatic carbocycles. The molecule has 0 saturated carbocycles. The second-order valence-electron chi connectivity index (χ2n) is 7.24. The fourth-order valence-corrected chi connectivity index (χ4v) is 6.42. The van der Waals surface area contributed by atoms with Gasteiger partial charge in [0.1, 0.15) is 17.7 Å². The first kappa shape index (κ1) is 28.8. The first-order chi connectivity index (χ1) is 16.5. The quantitative estimate of drug-likeness (QED) is 0.104. The average Bonchev–Trinajstić information content (AvgIpc) is 2.80. The van der Waals surface area contributed by atoms with Gasteiger partial charge in [-0.2, -0.15) is 0 Å². The van der Waals surface area contributed by atoms with Crippen LogP contribution in [-0.2, 0) is 23.9 Å². The summed E-state index contributed by atoms with van der Waals surface area (Å²) in [5.41, 5.74) is 0.450. The van der Waals surface area contributed by atoms with Crippen molar-refractivity contribution in [3.8, 4) is 0 Å². The van der Waals surface area contributed by atoms with Crippen LogP contribution in [0.4, 0.5) is 0 Å². The number of alkyl halides is 3. The summed E-state index contributed by atoms with van der Waals surface area (Å²) >= 11 is 27.2. The number of halogens is 4. The first-order valence-corrected chi connectivity index (χ1v) is 15.0. The van der Waals surface area contributed by atoms with Gasteiger partial charge in [-0.15, -0.1) is 35.3 Å². The monoisotopic (exact) mass is 616 g/mol. The van der Waals surface area contributed by atoms with E-state index in [0.717, 1.165) is 5.56 Å². The lowest BCUT2D eigenvalue weighted by atomic mass is 10.0. The zero-order valence-corrected chi connectivity index (χ0v) is 24.1. The highest BCUT2D eigenvalue weighted by atomic mass is 35.6. The molecule has 0 aromatic heterocycles. The maximum absolute atomic E-state index is 13.3. The van der Waals surface area contributed by atoms with Gasteiger partial charge in [-0.1, -0.05) is 58.5 Å². The van der Waals surface area contributed by atoms with Crippen molar-refractivity contribution in [2.24, 2.45) is 4.99 Å². The molecule has 7 nitrogen and oxygen atoms in total. The molecule has 14 heteroatoms. The molecule has 1 aromatic carbocycles. The molecule has 190 valence electrons. The fraction of sp³-hybridized carbons (Fsp3) is 0.429. The molecule has 2 heterocycles. The lowest BCUT2D eigenvalue weighted by Crippen LogP contribution is -2.64. The number of carbonyl (C=O) groups excluding carboxylic acids is 3. The van der Waals surface area contributed by atoms with Crippen molar-refractivity contribution in [1.29, 1.82) is 0 Å². The highest BCUT2D eigenvalue weighted by molar-refractivity contribution is 8.13. The number of amides is 1. The van der Waals surface area contributed by atoms with Crippen molar-refractivity contribution in [2.45, 2.75) is 27.6 Å². The van der Waals surface area contributed by atoms with Crippen LogP contribution in [0, 0.1) is 0 Å². The van der Waals surface area contributed by atoms with E-state index in [0.29, 0.717) is 21.4 Å². The van der Waals surface area contributed by atoms with Gasteiger partial charge < -0.3 is 9.47 Å². The topological polar surface area (TPSA) is 85.3 Å². The summed E-state index contributed by atoms with van der Waals surface area (Å²) in [6, 6.07) is 6.44. The Morgan fingerprint density at radius 3 is 2.46 bits per heavy atom. The zero-order chi connectivity index (χ0) is 25.9. The van der Waals surface area contributed by atoms with Crippen molar-refractivity contribution in [2.75, 3.05) is 24.9 Å². The third-order valence-corrected chi connectivity index (χ3v) is 8.25. The Kier molecular flexibility index (Phi) is 10.0. The number of hydrogen-bond donors (Lipinski definition) is 0. The van der Waals surface area contributed by atoms with E-state index in [9.17, 15) is 14.4 Å². The van der Waals surface area contributed by atoms with E-state index >= 15 is 0 Å². The van der Waals surface area contributed by atoms with E-state index < -0.39 is 39.2 Å². The summed E-state index contributed by atoms with van der Waals surface area (Å²) in [4.78, 5) is 44.0. The summed E-state index contributed by atoms with van der Waals surface area (Å²) < 4.78 is 8.74. The van der Waals surface area contributed by atoms with E-state index in [1.807, 2.05) is 18.4 Å². The van der Waals surface area contributed by atoms with Crippen molar-refractivity contribution >= 4 is 105 Å². The van der Waals surface area contributed by atoms with Gasteiger partial charge in [0, 0.05) is 28.8 Å². The van der Waals surface area contributed by atoms with Crippen LogP contribution < -0.4 is 0 Å². The molecule has 2 aliphatic rings. The number of hydrogen-bond acceptors (Lipinski definition) is 9. The number of fused-ring (bicyclic) bond motifs is 1. The van der Waals surface area contributed by atoms with E-state index in [4.69, 9.17) is 55.9 Å². The molecule has 3 rings (SSSR count). The minimum atomic E-state index is -1.83. The van der Waals surface area contributed by atoms with Crippen LogP contribution in [0.1, 0.15) is 12.5 Å². The van der Waals surface area contributed by atoms with Gasteiger partial charge >= 0.3 is 11.9 Å². The molecular formula is C21H20Cl4N2O5S3. The van der Waals surface area contributed by atoms with Crippen LogP contribution >= 0.6 is 81.7 Å². The minimum Gasteiger partial charge on any atom is -0.456 e. The van der Waals surface area contributed by atoms with Gasteiger partial charge in [-0.05, 0) is 24.6 Å². The maximum atomic E-state index is 13.3. The van der Waals surface area contributed by atoms with Gasteiger partial charge in [-0.3, -0.25) is 19.5 Å². The summed E-state index contributed by atoms with van der Waals surface area (Å²) in [6.07, 6.45) is 3.59. The molecule has 1 saturated heterocycles. The second-order valence-corrected chi connectivity index (χ2v) is 13.0. The van der Waals surface area contributed by atoms with Crippen molar-refractivity contribution < 1.29 is 23.9 Å². The largest absolute Gasteiger partial charge is 0.456 e. The fourth-order valence-electron chi connectivity index (χ4n) is 3.37. The Hall–Kier alpha value is -0.750. The minimum absolute atomic E-state index is 0.0164. The Balaban J connectivity index is 1.95. The van der Waals surface area contributed by atoms with E-state index in [-0.39, 0.29) is 11.6 Å².